The number of carbonyl (C=O) groups is 1. The van der Waals surface area contributed by atoms with Gasteiger partial charge in [-0.3, -0.25) is 9.52 Å². The summed E-state index contributed by atoms with van der Waals surface area (Å²) < 4.78 is 38.9. The van der Waals surface area contributed by atoms with Crippen LogP contribution < -0.4 is 9.46 Å². The van der Waals surface area contributed by atoms with Crippen LogP contribution in [0.3, 0.4) is 0 Å². The van der Waals surface area contributed by atoms with Gasteiger partial charge in [-0.05, 0) is 55.3 Å². The van der Waals surface area contributed by atoms with Crippen molar-refractivity contribution in [2.75, 3.05) is 38.1 Å². The summed E-state index contributed by atoms with van der Waals surface area (Å²) in [6.07, 6.45) is 0. The van der Waals surface area contributed by atoms with E-state index in [9.17, 15) is 13.2 Å². The average molecular weight is 404 g/mol. The molecule has 1 heterocycles. The lowest BCUT2D eigenvalue weighted by Gasteiger charge is -2.27. The maximum absolute atomic E-state index is 12.9. The Labute approximate surface area is 165 Å². The van der Waals surface area contributed by atoms with Gasteiger partial charge >= 0.3 is 0 Å². The highest BCUT2D eigenvalue weighted by Crippen LogP contribution is 2.26. The van der Waals surface area contributed by atoms with E-state index in [1.54, 1.807) is 17.0 Å². The highest BCUT2D eigenvalue weighted by molar-refractivity contribution is 7.92. The fourth-order valence-electron chi connectivity index (χ4n) is 3.21. The molecule has 1 saturated heterocycles. The van der Waals surface area contributed by atoms with Crippen LogP contribution in [-0.4, -0.2) is 52.6 Å². The summed E-state index contributed by atoms with van der Waals surface area (Å²) in [6.45, 7) is 5.63. The summed E-state index contributed by atoms with van der Waals surface area (Å²) in [4.78, 5) is 14.5. The molecule has 28 heavy (non-hydrogen) atoms. The average Bonchev–Trinajstić information content (AvgIpc) is 2.66. The summed E-state index contributed by atoms with van der Waals surface area (Å²) in [5.41, 5.74) is 2.60. The van der Waals surface area contributed by atoms with Crippen LogP contribution in [0.1, 0.15) is 21.5 Å². The van der Waals surface area contributed by atoms with Crippen molar-refractivity contribution in [3.05, 3.63) is 53.1 Å². The maximum atomic E-state index is 12.9. The number of anilines is 1. The van der Waals surface area contributed by atoms with Crippen LogP contribution in [0.4, 0.5) is 5.69 Å². The van der Waals surface area contributed by atoms with E-state index in [1.165, 1.54) is 25.3 Å². The third kappa shape index (κ3) is 4.45. The minimum absolute atomic E-state index is 0.00377. The second kappa shape index (κ2) is 8.20. The molecule has 3 rings (SSSR count). The molecular formula is C20H24N2O5S. The molecule has 0 unspecified atom stereocenters. The van der Waals surface area contributed by atoms with Crippen LogP contribution >= 0.6 is 0 Å². The number of ether oxygens (including phenoxy) is 2. The molecule has 2 aromatic rings. The van der Waals surface area contributed by atoms with E-state index in [4.69, 9.17) is 9.47 Å². The van der Waals surface area contributed by atoms with Gasteiger partial charge in [0.15, 0.2) is 0 Å². The quantitative estimate of drug-likeness (QED) is 0.828. The number of benzene rings is 2. The minimum atomic E-state index is -3.86. The summed E-state index contributed by atoms with van der Waals surface area (Å²) in [5, 5.41) is 0. The first-order valence-electron chi connectivity index (χ1n) is 8.96. The molecule has 1 fully saturated rings. The number of hydrogen-bond donors (Lipinski definition) is 1. The largest absolute Gasteiger partial charge is 0.496 e. The Kier molecular flexibility index (Phi) is 5.90. The van der Waals surface area contributed by atoms with E-state index >= 15 is 0 Å². The molecule has 0 aliphatic carbocycles. The monoisotopic (exact) mass is 404 g/mol. The van der Waals surface area contributed by atoms with Crippen molar-refractivity contribution in [1.82, 2.24) is 4.90 Å². The topological polar surface area (TPSA) is 84.9 Å². The molecule has 1 amide bonds. The van der Waals surface area contributed by atoms with E-state index in [1.807, 2.05) is 19.9 Å². The van der Waals surface area contributed by atoms with Crippen molar-refractivity contribution in [2.45, 2.75) is 18.7 Å². The molecule has 0 bridgehead atoms. The molecule has 8 heteroatoms. The normalized spacial score (nSPS) is 14.6. The first-order valence-corrected chi connectivity index (χ1v) is 10.4. The van der Waals surface area contributed by atoms with Crippen LogP contribution in [0.15, 0.2) is 41.3 Å². The standard InChI is InChI=1S/C20H24N2O5S/c1-14-10-15(2)12-16(11-14)21-28(24,25)17-4-5-19(26-3)18(13-17)20(23)22-6-8-27-9-7-22/h4-5,10-13,21H,6-9H2,1-3H3. The van der Waals surface area contributed by atoms with Crippen LogP contribution in [0.25, 0.3) is 0 Å². The number of aryl methyl sites for hydroxylation is 2. The number of rotatable bonds is 5. The summed E-state index contributed by atoms with van der Waals surface area (Å²) in [7, 11) is -2.41. The molecule has 0 spiro atoms. The van der Waals surface area contributed by atoms with Gasteiger partial charge in [-0.1, -0.05) is 6.07 Å². The Bertz CT molecular complexity index is 962. The predicted molar refractivity (Wildman–Crippen MR) is 106 cm³/mol. The molecule has 2 aromatic carbocycles. The van der Waals surface area contributed by atoms with E-state index < -0.39 is 10.0 Å². The molecule has 0 radical (unpaired) electrons. The Morgan fingerprint density at radius 2 is 1.71 bits per heavy atom. The van der Waals surface area contributed by atoms with Gasteiger partial charge in [-0.15, -0.1) is 0 Å². The van der Waals surface area contributed by atoms with Gasteiger partial charge in [-0.2, -0.15) is 0 Å². The molecule has 7 nitrogen and oxygen atoms in total. The first-order chi connectivity index (χ1) is 13.3. The maximum Gasteiger partial charge on any atom is 0.261 e. The van der Waals surface area contributed by atoms with Gasteiger partial charge in [0.05, 0.1) is 30.8 Å². The first kappa shape index (κ1) is 20.2. The van der Waals surface area contributed by atoms with E-state index in [-0.39, 0.29) is 16.4 Å². The van der Waals surface area contributed by atoms with Crippen LogP contribution in [0.2, 0.25) is 0 Å². The number of morpholine rings is 1. The summed E-state index contributed by atoms with van der Waals surface area (Å²) in [5.74, 6) is 0.0606. The summed E-state index contributed by atoms with van der Waals surface area (Å²) >= 11 is 0. The van der Waals surface area contributed by atoms with Crippen molar-refractivity contribution >= 4 is 21.6 Å². The van der Waals surface area contributed by atoms with Gasteiger partial charge in [-0.25, -0.2) is 8.42 Å². The number of amides is 1. The number of nitrogens with zero attached hydrogens (tertiary/aromatic N) is 1. The van der Waals surface area contributed by atoms with Crippen LogP contribution in [-0.2, 0) is 14.8 Å². The van der Waals surface area contributed by atoms with E-state index in [0.29, 0.717) is 37.7 Å². The van der Waals surface area contributed by atoms with Gasteiger partial charge in [0.25, 0.3) is 15.9 Å². The van der Waals surface area contributed by atoms with E-state index in [2.05, 4.69) is 4.72 Å². The molecule has 1 aliphatic rings. The minimum Gasteiger partial charge on any atom is -0.496 e. The van der Waals surface area contributed by atoms with Crippen molar-refractivity contribution in [1.29, 1.82) is 0 Å². The second-order valence-electron chi connectivity index (χ2n) is 6.75. The molecule has 0 atom stereocenters. The lowest BCUT2D eigenvalue weighted by atomic mass is 10.1. The molecular weight excluding hydrogens is 380 g/mol. The smallest absolute Gasteiger partial charge is 0.261 e. The zero-order valence-electron chi connectivity index (χ0n) is 16.2. The highest BCUT2D eigenvalue weighted by atomic mass is 32.2. The second-order valence-corrected chi connectivity index (χ2v) is 8.43. The molecule has 0 saturated carbocycles. The van der Waals surface area contributed by atoms with Crippen LogP contribution in [0, 0.1) is 13.8 Å². The molecule has 150 valence electrons. The Balaban J connectivity index is 1.93. The number of sulfonamides is 1. The number of nitrogens with one attached hydrogen (secondary N) is 1. The Morgan fingerprint density at radius 1 is 1.07 bits per heavy atom. The third-order valence-electron chi connectivity index (χ3n) is 4.48. The van der Waals surface area contributed by atoms with Crippen molar-refractivity contribution in [2.24, 2.45) is 0 Å². The predicted octanol–water partition coefficient (Wildman–Crippen LogP) is 2.59. The summed E-state index contributed by atoms with van der Waals surface area (Å²) in [6, 6.07) is 9.78. The molecule has 1 N–H and O–H groups in total. The molecule has 0 aromatic heterocycles. The van der Waals surface area contributed by atoms with Gasteiger partial charge in [0.2, 0.25) is 0 Å². The van der Waals surface area contributed by atoms with Gasteiger partial charge < -0.3 is 14.4 Å². The van der Waals surface area contributed by atoms with E-state index in [0.717, 1.165) is 11.1 Å². The zero-order valence-corrected chi connectivity index (χ0v) is 17.0. The van der Waals surface area contributed by atoms with Gasteiger partial charge in [0.1, 0.15) is 5.75 Å². The Hall–Kier alpha value is -2.58. The van der Waals surface area contributed by atoms with Gasteiger partial charge in [0, 0.05) is 18.8 Å². The number of hydrogen-bond acceptors (Lipinski definition) is 5. The van der Waals surface area contributed by atoms with Crippen molar-refractivity contribution in [3.8, 4) is 5.75 Å². The zero-order chi connectivity index (χ0) is 20.3. The SMILES string of the molecule is COc1ccc(S(=O)(=O)Nc2cc(C)cc(C)c2)cc1C(=O)N1CCOCC1. The number of carbonyl (C=O) groups excluding carboxylic acids is 1. The van der Waals surface area contributed by atoms with Crippen molar-refractivity contribution < 1.29 is 22.7 Å². The Morgan fingerprint density at radius 3 is 2.32 bits per heavy atom. The third-order valence-corrected chi connectivity index (χ3v) is 5.86. The lowest BCUT2D eigenvalue weighted by molar-refractivity contribution is 0.0300. The lowest BCUT2D eigenvalue weighted by Crippen LogP contribution is -2.40. The fourth-order valence-corrected chi connectivity index (χ4v) is 4.27. The fraction of sp³-hybridized carbons (Fsp3) is 0.350. The highest BCUT2D eigenvalue weighted by Gasteiger charge is 2.24. The number of methoxy groups -OCH3 is 1. The van der Waals surface area contributed by atoms with Crippen LogP contribution in [0.5, 0.6) is 5.75 Å². The van der Waals surface area contributed by atoms with Crippen molar-refractivity contribution in [3.63, 3.8) is 0 Å². The molecule has 1 aliphatic heterocycles.